The molecule has 0 aromatic heterocycles. The summed E-state index contributed by atoms with van der Waals surface area (Å²) in [5, 5.41) is 26.9. The Kier molecular flexibility index (Phi) is 3.24. The van der Waals surface area contributed by atoms with Gasteiger partial charge in [-0.15, -0.1) is 0 Å². The standard InChI is InChI=1S/C13H10B2F2O4/c16-13(17)11-5-7(15(19)20)1-3-9(11)10-4-2-8(21-14-18)6-12(10)13/h1-6,14,18-20H. The van der Waals surface area contributed by atoms with Crippen molar-refractivity contribution in [2.24, 2.45) is 0 Å². The van der Waals surface area contributed by atoms with E-state index in [1.54, 1.807) is 0 Å². The zero-order chi connectivity index (χ0) is 15.2. The molecule has 1 aliphatic carbocycles. The predicted octanol–water partition coefficient (Wildman–Crippen LogP) is 0.125. The van der Waals surface area contributed by atoms with Crippen molar-refractivity contribution in [2.75, 3.05) is 0 Å². The normalized spacial score (nSPS) is 14.3. The highest BCUT2D eigenvalue weighted by Crippen LogP contribution is 2.51. The maximum absolute atomic E-state index is 14.5. The Morgan fingerprint density at radius 1 is 1.00 bits per heavy atom. The van der Waals surface area contributed by atoms with E-state index in [1.165, 1.54) is 30.3 Å². The molecule has 0 heterocycles. The molecule has 0 radical (unpaired) electrons. The van der Waals surface area contributed by atoms with Crippen LogP contribution in [-0.4, -0.2) is 29.9 Å². The fourth-order valence-electron chi connectivity index (χ4n) is 2.54. The quantitative estimate of drug-likeness (QED) is 0.702. The molecular formula is C13H10B2F2O4. The molecule has 4 nitrogen and oxygen atoms in total. The minimum Gasteiger partial charge on any atom is -0.539 e. The van der Waals surface area contributed by atoms with Gasteiger partial charge in [0, 0.05) is 11.1 Å². The average molecular weight is 290 g/mol. The summed E-state index contributed by atoms with van der Waals surface area (Å²) in [5.41, 5.74) is 0.208. The topological polar surface area (TPSA) is 69.9 Å². The van der Waals surface area contributed by atoms with Gasteiger partial charge >= 0.3 is 14.8 Å². The van der Waals surface area contributed by atoms with Gasteiger partial charge in [-0.3, -0.25) is 0 Å². The number of rotatable bonds is 3. The van der Waals surface area contributed by atoms with Crippen LogP contribution in [0.25, 0.3) is 11.1 Å². The van der Waals surface area contributed by atoms with Crippen molar-refractivity contribution in [2.45, 2.75) is 5.92 Å². The number of fused-ring (bicyclic) bond motifs is 3. The molecule has 0 spiro atoms. The molecule has 2 aromatic rings. The first-order chi connectivity index (χ1) is 9.95. The fraction of sp³-hybridized carbons (Fsp3) is 0.0769. The van der Waals surface area contributed by atoms with Crippen molar-refractivity contribution >= 4 is 20.3 Å². The third-order valence-electron chi connectivity index (χ3n) is 3.53. The molecule has 106 valence electrons. The van der Waals surface area contributed by atoms with Crippen molar-refractivity contribution in [1.29, 1.82) is 0 Å². The molecule has 0 bridgehead atoms. The Morgan fingerprint density at radius 2 is 1.62 bits per heavy atom. The summed E-state index contributed by atoms with van der Waals surface area (Å²) in [6, 6.07) is 8.10. The predicted molar refractivity (Wildman–Crippen MR) is 74.7 cm³/mol. The van der Waals surface area contributed by atoms with Crippen molar-refractivity contribution < 1.29 is 28.5 Å². The van der Waals surface area contributed by atoms with Crippen LogP contribution in [0.2, 0.25) is 0 Å². The van der Waals surface area contributed by atoms with E-state index < -0.39 is 20.7 Å². The van der Waals surface area contributed by atoms with Gasteiger partial charge in [0.2, 0.25) is 0 Å². The third kappa shape index (κ3) is 2.12. The maximum Gasteiger partial charge on any atom is 0.504 e. The molecular weight excluding hydrogens is 280 g/mol. The second-order valence-electron chi connectivity index (χ2n) is 4.73. The number of hydrogen-bond acceptors (Lipinski definition) is 4. The zero-order valence-corrected chi connectivity index (χ0v) is 10.8. The van der Waals surface area contributed by atoms with E-state index in [0.29, 0.717) is 11.1 Å². The minimum atomic E-state index is -3.26. The first-order valence-electron chi connectivity index (χ1n) is 6.22. The summed E-state index contributed by atoms with van der Waals surface area (Å²) in [6.45, 7) is 0. The molecule has 2 aromatic carbocycles. The van der Waals surface area contributed by atoms with Crippen LogP contribution in [0.4, 0.5) is 8.78 Å². The first-order valence-corrected chi connectivity index (χ1v) is 6.22. The molecule has 0 saturated carbocycles. The van der Waals surface area contributed by atoms with Gasteiger partial charge in [-0.1, -0.05) is 24.3 Å². The molecule has 21 heavy (non-hydrogen) atoms. The molecule has 3 rings (SSSR count). The molecule has 0 aliphatic heterocycles. The van der Waals surface area contributed by atoms with Gasteiger partial charge in [0.05, 0.1) is 0 Å². The van der Waals surface area contributed by atoms with Crippen molar-refractivity contribution in [3.63, 3.8) is 0 Å². The summed E-state index contributed by atoms with van der Waals surface area (Å²) >= 11 is 0. The molecule has 8 heteroatoms. The Balaban J connectivity index is 2.17. The first kappa shape index (κ1) is 14.1. The second kappa shape index (κ2) is 4.84. The monoisotopic (exact) mass is 290 g/mol. The van der Waals surface area contributed by atoms with Crippen LogP contribution < -0.4 is 10.1 Å². The highest BCUT2D eigenvalue weighted by atomic mass is 19.3. The van der Waals surface area contributed by atoms with E-state index >= 15 is 0 Å². The Hall–Kier alpha value is -1.89. The van der Waals surface area contributed by atoms with Crippen LogP contribution in [0.3, 0.4) is 0 Å². The molecule has 0 fully saturated rings. The highest BCUT2D eigenvalue weighted by Gasteiger charge is 2.45. The van der Waals surface area contributed by atoms with E-state index in [-0.39, 0.29) is 22.3 Å². The number of halogens is 2. The molecule has 0 amide bonds. The van der Waals surface area contributed by atoms with Crippen LogP contribution in [0.5, 0.6) is 5.75 Å². The largest absolute Gasteiger partial charge is 0.539 e. The lowest BCUT2D eigenvalue weighted by molar-refractivity contribution is 0.0479. The van der Waals surface area contributed by atoms with Gasteiger partial charge in [0.15, 0.2) is 0 Å². The minimum absolute atomic E-state index is 0.00747. The van der Waals surface area contributed by atoms with Crippen LogP contribution >= 0.6 is 0 Å². The van der Waals surface area contributed by atoms with Gasteiger partial charge in [0.1, 0.15) is 5.75 Å². The van der Waals surface area contributed by atoms with Crippen LogP contribution in [0, 0.1) is 0 Å². The third-order valence-corrected chi connectivity index (χ3v) is 3.53. The van der Waals surface area contributed by atoms with E-state index in [4.69, 9.17) is 19.7 Å². The molecule has 3 N–H and O–H groups in total. The lowest BCUT2D eigenvalue weighted by atomic mass is 9.78. The SMILES string of the molecule is OBOc1ccc2c(c1)C(F)(F)c1cc(B(O)O)ccc1-2. The number of benzene rings is 2. The molecule has 0 unspecified atom stereocenters. The number of hydrogen-bond donors (Lipinski definition) is 3. The van der Waals surface area contributed by atoms with Crippen LogP contribution in [0.1, 0.15) is 11.1 Å². The summed E-state index contributed by atoms with van der Waals surface area (Å²) < 4.78 is 33.9. The lowest BCUT2D eigenvalue weighted by Crippen LogP contribution is -2.30. The highest BCUT2D eigenvalue weighted by molar-refractivity contribution is 6.58. The van der Waals surface area contributed by atoms with E-state index in [9.17, 15) is 8.78 Å². The Bertz CT molecular complexity index is 707. The average Bonchev–Trinajstić information content (AvgIpc) is 2.68. The van der Waals surface area contributed by atoms with Crippen LogP contribution in [-0.2, 0) is 5.92 Å². The van der Waals surface area contributed by atoms with E-state index in [2.05, 4.69) is 0 Å². The molecule has 1 aliphatic rings. The van der Waals surface area contributed by atoms with E-state index in [1.807, 2.05) is 0 Å². The van der Waals surface area contributed by atoms with Crippen molar-refractivity contribution in [3.05, 3.63) is 47.5 Å². The van der Waals surface area contributed by atoms with Crippen LogP contribution in [0.15, 0.2) is 36.4 Å². The van der Waals surface area contributed by atoms with Gasteiger partial charge in [-0.2, -0.15) is 8.78 Å². The van der Waals surface area contributed by atoms with Gasteiger partial charge < -0.3 is 19.7 Å². The van der Waals surface area contributed by atoms with Crippen molar-refractivity contribution in [3.8, 4) is 16.9 Å². The summed E-state index contributed by atoms with van der Waals surface area (Å²) in [6.07, 6.45) is 0. The zero-order valence-electron chi connectivity index (χ0n) is 10.8. The molecule has 0 atom stereocenters. The maximum atomic E-state index is 14.5. The van der Waals surface area contributed by atoms with Crippen molar-refractivity contribution in [1.82, 2.24) is 0 Å². The summed E-state index contributed by atoms with van der Waals surface area (Å²) in [7, 11) is -2.40. The van der Waals surface area contributed by atoms with E-state index in [0.717, 1.165) is 6.07 Å². The smallest absolute Gasteiger partial charge is 0.504 e. The summed E-state index contributed by atoms with van der Waals surface area (Å²) in [4.78, 5) is 0. The second-order valence-corrected chi connectivity index (χ2v) is 4.73. The Morgan fingerprint density at radius 3 is 2.24 bits per heavy atom. The lowest BCUT2D eigenvalue weighted by Gasteiger charge is -2.14. The van der Waals surface area contributed by atoms with Gasteiger partial charge in [-0.05, 0) is 28.7 Å². The van der Waals surface area contributed by atoms with Gasteiger partial charge in [0.25, 0.3) is 5.92 Å². The Labute approximate surface area is 120 Å². The molecule has 0 saturated heterocycles. The number of alkyl halides is 2. The van der Waals surface area contributed by atoms with Gasteiger partial charge in [-0.25, -0.2) is 0 Å². The fourth-order valence-corrected chi connectivity index (χ4v) is 2.54. The summed E-state index contributed by atoms with van der Waals surface area (Å²) in [5.74, 6) is -3.11.